The zero-order chi connectivity index (χ0) is 12.7. The molecule has 0 radical (unpaired) electrons. The van der Waals surface area contributed by atoms with Gasteiger partial charge in [0.05, 0.1) is 23.8 Å². The third-order valence-electron chi connectivity index (χ3n) is 2.37. The minimum Gasteiger partial charge on any atom is -0.497 e. The van der Waals surface area contributed by atoms with E-state index in [0.29, 0.717) is 29.9 Å². The van der Waals surface area contributed by atoms with Crippen molar-refractivity contribution in [2.24, 2.45) is 0 Å². The summed E-state index contributed by atoms with van der Waals surface area (Å²) in [5.74, 6) is 0.717. The molecular weight excluding hydrogens is 238 g/mol. The van der Waals surface area contributed by atoms with Crippen molar-refractivity contribution >= 4 is 9.84 Å². The second-order valence-corrected chi connectivity index (χ2v) is 5.72. The van der Waals surface area contributed by atoms with Crippen molar-refractivity contribution in [3.05, 3.63) is 24.3 Å². The Morgan fingerprint density at radius 3 is 2.41 bits per heavy atom. The molecule has 0 aliphatic carbocycles. The number of rotatable bonds is 6. The summed E-state index contributed by atoms with van der Waals surface area (Å²) in [5.41, 5.74) is 0. The SMILES string of the molecule is COc1ccc(S(=O)(=O)CCCCC#N)cc1. The van der Waals surface area contributed by atoms with Crippen LogP contribution in [0, 0.1) is 11.3 Å². The van der Waals surface area contributed by atoms with E-state index in [-0.39, 0.29) is 5.75 Å². The predicted molar refractivity (Wildman–Crippen MR) is 64.5 cm³/mol. The van der Waals surface area contributed by atoms with Crippen molar-refractivity contribution in [3.8, 4) is 11.8 Å². The molecule has 0 fully saturated rings. The number of methoxy groups -OCH3 is 1. The van der Waals surface area contributed by atoms with Gasteiger partial charge >= 0.3 is 0 Å². The zero-order valence-corrected chi connectivity index (χ0v) is 10.5. The molecule has 4 nitrogen and oxygen atoms in total. The molecule has 0 aliphatic heterocycles. The van der Waals surface area contributed by atoms with Gasteiger partial charge in [-0.2, -0.15) is 5.26 Å². The number of benzene rings is 1. The van der Waals surface area contributed by atoms with E-state index >= 15 is 0 Å². The van der Waals surface area contributed by atoms with Crippen LogP contribution in [0.25, 0.3) is 0 Å². The van der Waals surface area contributed by atoms with Crippen LogP contribution in [0.3, 0.4) is 0 Å². The van der Waals surface area contributed by atoms with Gasteiger partial charge in [0.15, 0.2) is 9.84 Å². The van der Waals surface area contributed by atoms with Gasteiger partial charge in [0.1, 0.15) is 5.75 Å². The third-order valence-corrected chi connectivity index (χ3v) is 4.19. The molecule has 0 saturated heterocycles. The Morgan fingerprint density at radius 2 is 1.88 bits per heavy atom. The van der Waals surface area contributed by atoms with E-state index in [0.717, 1.165) is 0 Å². The summed E-state index contributed by atoms with van der Waals surface area (Å²) in [6, 6.07) is 8.33. The Labute approximate surface area is 102 Å². The van der Waals surface area contributed by atoms with Gasteiger partial charge in [-0.15, -0.1) is 0 Å². The molecule has 0 spiro atoms. The fourth-order valence-corrected chi connectivity index (χ4v) is 2.77. The first-order valence-corrected chi connectivity index (χ1v) is 6.99. The van der Waals surface area contributed by atoms with Crippen LogP contribution in [0.15, 0.2) is 29.2 Å². The fraction of sp³-hybridized carbons (Fsp3) is 0.417. The molecule has 0 aliphatic rings. The number of hydrogen-bond donors (Lipinski definition) is 0. The maximum Gasteiger partial charge on any atom is 0.178 e. The quantitative estimate of drug-likeness (QED) is 0.729. The smallest absolute Gasteiger partial charge is 0.178 e. The Balaban J connectivity index is 2.66. The van der Waals surface area contributed by atoms with Gasteiger partial charge in [-0.25, -0.2) is 8.42 Å². The zero-order valence-electron chi connectivity index (χ0n) is 9.72. The van der Waals surface area contributed by atoms with E-state index in [2.05, 4.69) is 0 Å². The number of sulfone groups is 1. The van der Waals surface area contributed by atoms with Crippen LogP contribution in [-0.4, -0.2) is 21.3 Å². The van der Waals surface area contributed by atoms with Gasteiger partial charge < -0.3 is 4.74 Å². The summed E-state index contributed by atoms with van der Waals surface area (Å²) in [4.78, 5) is 0.301. The van der Waals surface area contributed by atoms with Gasteiger partial charge in [-0.1, -0.05) is 0 Å². The van der Waals surface area contributed by atoms with Crippen LogP contribution in [0.1, 0.15) is 19.3 Å². The number of nitrogens with zero attached hydrogens (tertiary/aromatic N) is 1. The lowest BCUT2D eigenvalue weighted by molar-refractivity contribution is 0.414. The molecule has 0 heterocycles. The molecule has 0 amide bonds. The second-order valence-electron chi connectivity index (χ2n) is 3.61. The Kier molecular flexibility index (Phi) is 4.98. The van der Waals surface area contributed by atoms with E-state index in [1.165, 1.54) is 7.11 Å². The lowest BCUT2D eigenvalue weighted by Gasteiger charge is -2.04. The average Bonchev–Trinajstić information content (AvgIpc) is 2.35. The summed E-state index contributed by atoms with van der Waals surface area (Å²) >= 11 is 0. The van der Waals surface area contributed by atoms with Gasteiger partial charge in [0.2, 0.25) is 0 Å². The van der Waals surface area contributed by atoms with Crippen LogP contribution in [-0.2, 0) is 9.84 Å². The van der Waals surface area contributed by atoms with E-state index in [1.807, 2.05) is 6.07 Å². The molecule has 0 atom stereocenters. The predicted octanol–water partition coefficient (Wildman–Crippen LogP) is 2.16. The van der Waals surface area contributed by atoms with Crippen LogP contribution in [0.2, 0.25) is 0 Å². The van der Waals surface area contributed by atoms with Crippen molar-refractivity contribution < 1.29 is 13.2 Å². The molecule has 0 N–H and O–H groups in total. The van der Waals surface area contributed by atoms with E-state index in [4.69, 9.17) is 10.00 Å². The summed E-state index contributed by atoms with van der Waals surface area (Å²) in [5, 5.41) is 8.36. The second kappa shape index (κ2) is 6.26. The average molecular weight is 253 g/mol. The van der Waals surface area contributed by atoms with Gasteiger partial charge in [0, 0.05) is 6.42 Å². The highest BCUT2D eigenvalue weighted by molar-refractivity contribution is 7.91. The molecule has 0 saturated carbocycles. The molecular formula is C12H15NO3S. The van der Waals surface area contributed by atoms with Crippen molar-refractivity contribution in [2.75, 3.05) is 12.9 Å². The first-order valence-electron chi connectivity index (χ1n) is 5.34. The van der Waals surface area contributed by atoms with Crippen LogP contribution < -0.4 is 4.74 Å². The van der Waals surface area contributed by atoms with Crippen LogP contribution in [0.5, 0.6) is 5.75 Å². The molecule has 17 heavy (non-hydrogen) atoms. The molecule has 0 bridgehead atoms. The highest BCUT2D eigenvalue weighted by atomic mass is 32.2. The van der Waals surface area contributed by atoms with Crippen LogP contribution in [0.4, 0.5) is 0 Å². The van der Waals surface area contributed by atoms with Crippen molar-refractivity contribution in [2.45, 2.75) is 24.2 Å². The van der Waals surface area contributed by atoms with Gasteiger partial charge in [-0.3, -0.25) is 0 Å². The van der Waals surface area contributed by atoms with E-state index in [9.17, 15) is 8.42 Å². The Morgan fingerprint density at radius 1 is 1.24 bits per heavy atom. The standard InChI is InChI=1S/C12H15NO3S/c1-16-11-5-7-12(8-6-11)17(14,15)10-4-2-3-9-13/h5-8H,2-4,10H2,1H3. The van der Waals surface area contributed by atoms with Crippen molar-refractivity contribution in [1.29, 1.82) is 5.26 Å². The highest BCUT2D eigenvalue weighted by Gasteiger charge is 2.13. The summed E-state index contributed by atoms with van der Waals surface area (Å²) in [6.07, 6.45) is 1.53. The number of unbranched alkanes of at least 4 members (excludes halogenated alkanes) is 2. The number of nitriles is 1. The van der Waals surface area contributed by atoms with E-state index < -0.39 is 9.84 Å². The molecule has 0 aromatic heterocycles. The summed E-state index contributed by atoms with van der Waals surface area (Å²) in [6.45, 7) is 0. The number of ether oxygens (including phenoxy) is 1. The van der Waals surface area contributed by atoms with Crippen molar-refractivity contribution in [1.82, 2.24) is 0 Å². The Hall–Kier alpha value is -1.54. The largest absolute Gasteiger partial charge is 0.497 e. The maximum atomic E-state index is 11.9. The van der Waals surface area contributed by atoms with Gasteiger partial charge in [0.25, 0.3) is 0 Å². The lowest BCUT2D eigenvalue weighted by atomic mass is 10.3. The summed E-state index contributed by atoms with van der Waals surface area (Å²) < 4.78 is 28.7. The molecule has 1 aromatic carbocycles. The van der Waals surface area contributed by atoms with Gasteiger partial charge in [-0.05, 0) is 37.1 Å². The minimum absolute atomic E-state index is 0.0843. The number of hydrogen-bond acceptors (Lipinski definition) is 4. The monoisotopic (exact) mass is 253 g/mol. The molecule has 5 heteroatoms. The highest BCUT2D eigenvalue weighted by Crippen LogP contribution is 2.17. The molecule has 92 valence electrons. The maximum absolute atomic E-state index is 11.9. The normalized spacial score (nSPS) is 10.8. The molecule has 1 aromatic rings. The minimum atomic E-state index is -3.23. The van der Waals surface area contributed by atoms with Crippen molar-refractivity contribution in [3.63, 3.8) is 0 Å². The van der Waals surface area contributed by atoms with E-state index in [1.54, 1.807) is 24.3 Å². The summed E-state index contributed by atoms with van der Waals surface area (Å²) in [7, 11) is -1.70. The van der Waals surface area contributed by atoms with Crippen LogP contribution >= 0.6 is 0 Å². The third kappa shape index (κ3) is 4.08. The fourth-order valence-electron chi connectivity index (χ4n) is 1.40. The lowest BCUT2D eigenvalue weighted by Crippen LogP contribution is -2.06. The first kappa shape index (κ1) is 13.5. The topological polar surface area (TPSA) is 67.2 Å². The Bertz CT molecular complexity index is 485. The molecule has 1 rings (SSSR count). The molecule has 0 unspecified atom stereocenters. The first-order chi connectivity index (χ1) is 8.10.